The van der Waals surface area contributed by atoms with Crippen molar-refractivity contribution in [3.05, 3.63) is 66.2 Å². The van der Waals surface area contributed by atoms with Crippen molar-refractivity contribution in [2.45, 2.75) is 126 Å². The standard InChI is InChI=1S/C40H55NO7S/c1-25-16-15-23-32(41(25)39(43)48-40(3,4)5)35(36(42)27-17-9-7-10-18-27)37(49(44,45)29-20-11-8-12-21-29)34-30-22-14-13-19-28(30)24-31-33(34)26(2)47-38(31)46-6/h7-12,17-18,20-21,25-26,28,30-35,37-38H,13-16,19,22-24H2,1-6H3/t25-,26+,28-,30+,31+,32+,33-,34-,35?,37?,38+/m0/s1. The maximum absolute atomic E-state index is 15.6. The lowest BCUT2D eigenvalue weighted by Crippen LogP contribution is -2.61. The number of hydrogen-bond donors (Lipinski definition) is 0. The number of rotatable bonds is 8. The van der Waals surface area contributed by atoms with Crippen LogP contribution in [0.1, 0.15) is 96.3 Å². The van der Waals surface area contributed by atoms with E-state index in [1.54, 1.807) is 48.4 Å². The molecule has 268 valence electrons. The molecule has 49 heavy (non-hydrogen) atoms. The van der Waals surface area contributed by atoms with Crippen molar-refractivity contribution in [1.82, 2.24) is 4.90 Å². The van der Waals surface area contributed by atoms with Gasteiger partial charge in [-0.25, -0.2) is 13.2 Å². The fourth-order valence-electron chi connectivity index (χ4n) is 10.1. The number of ether oxygens (including phenoxy) is 3. The molecule has 8 nitrogen and oxygen atoms in total. The Morgan fingerprint density at radius 2 is 1.53 bits per heavy atom. The number of likely N-dealkylation sites (tertiary alicyclic amines) is 1. The molecule has 1 amide bonds. The molecule has 9 heteroatoms. The van der Waals surface area contributed by atoms with Crippen molar-refractivity contribution in [3.8, 4) is 0 Å². The Labute approximate surface area is 293 Å². The quantitative estimate of drug-likeness (QED) is 0.259. The molecule has 0 spiro atoms. The van der Waals surface area contributed by atoms with Crippen molar-refractivity contribution < 1.29 is 32.2 Å². The number of amides is 1. The topological polar surface area (TPSA) is 99.2 Å². The summed E-state index contributed by atoms with van der Waals surface area (Å²) in [5.74, 6) is -1.35. The van der Waals surface area contributed by atoms with Crippen molar-refractivity contribution in [2.75, 3.05) is 7.11 Å². The molecule has 2 saturated carbocycles. The van der Waals surface area contributed by atoms with Gasteiger partial charge in [0.1, 0.15) is 5.60 Å². The molecule has 2 unspecified atom stereocenters. The molecule has 11 atom stereocenters. The van der Waals surface area contributed by atoms with Crippen molar-refractivity contribution in [1.29, 1.82) is 0 Å². The Hall–Kier alpha value is -2.75. The second-order valence-electron chi connectivity index (χ2n) is 16.0. The number of hydrogen-bond acceptors (Lipinski definition) is 7. The minimum atomic E-state index is -4.14. The Morgan fingerprint density at radius 3 is 2.18 bits per heavy atom. The smallest absolute Gasteiger partial charge is 0.410 e. The van der Waals surface area contributed by atoms with E-state index in [0.29, 0.717) is 17.9 Å². The van der Waals surface area contributed by atoms with Gasteiger partial charge in [-0.15, -0.1) is 0 Å². The zero-order valence-corrected chi connectivity index (χ0v) is 30.8. The average molecular weight is 694 g/mol. The Morgan fingerprint density at radius 1 is 0.878 bits per heavy atom. The van der Waals surface area contributed by atoms with E-state index in [1.165, 1.54) is 0 Å². The summed E-state index contributed by atoms with van der Waals surface area (Å²) in [5.41, 5.74) is -0.300. The maximum Gasteiger partial charge on any atom is 0.410 e. The lowest BCUT2D eigenvalue weighted by atomic mass is 9.55. The van der Waals surface area contributed by atoms with Gasteiger partial charge in [-0.3, -0.25) is 4.79 Å². The highest BCUT2D eigenvalue weighted by atomic mass is 32.2. The minimum Gasteiger partial charge on any atom is -0.444 e. The lowest BCUT2D eigenvalue weighted by Gasteiger charge is -2.53. The van der Waals surface area contributed by atoms with Gasteiger partial charge in [0.15, 0.2) is 21.9 Å². The molecule has 2 aliphatic heterocycles. The van der Waals surface area contributed by atoms with Gasteiger partial charge in [0, 0.05) is 30.7 Å². The van der Waals surface area contributed by atoms with Crippen LogP contribution in [0.2, 0.25) is 0 Å². The number of fused-ring (bicyclic) bond motifs is 2. The van der Waals surface area contributed by atoms with Gasteiger partial charge in [-0.2, -0.15) is 0 Å². The monoisotopic (exact) mass is 693 g/mol. The van der Waals surface area contributed by atoms with Crippen LogP contribution in [0, 0.1) is 35.5 Å². The predicted molar refractivity (Wildman–Crippen MR) is 189 cm³/mol. The largest absolute Gasteiger partial charge is 0.444 e. The highest BCUT2D eigenvalue weighted by Crippen LogP contribution is 2.58. The highest BCUT2D eigenvalue weighted by molar-refractivity contribution is 7.92. The van der Waals surface area contributed by atoms with E-state index in [1.807, 2.05) is 58.9 Å². The molecule has 0 N–H and O–H groups in total. The molecule has 0 aromatic heterocycles. The van der Waals surface area contributed by atoms with Gasteiger partial charge in [-0.1, -0.05) is 67.8 Å². The molecule has 6 rings (SSSR count). The van der Waals surface area contributed by atoms with Crippen LogP contribution in [0.3, 0.4) is 0 Å². The number of nitrogens with zero attached hydrogens (tertiary/aromatic N) is 1. The van der Waals surface area contributed by atoms with Crippen LogP contribution < -0.4 is 0 Å². The second kappa shape index (κ2) is 14.5. The van der Waals surface area contributed by atoms with Gasteiger partial charge in [0.25, 0.3) is 0 Å². The SMILES string of the molecule is CO[C@@H]1O[C@H](C)[C@H]2[C@H]1C[C@@H]1CCCC[C@H]1[C@@H]2C(C(C(=O)c1ccccc1)[C@H]1CCC[C@H](C)N1C(=O)OC(C)(C)C)S(=O)(=O)c1ccccc1. The molecule has 2 heterocycles. The Kier molecular flexibility index (Phi) is 10.6. The molecular formula is C40H55NO7S. The van der Waals surface area contributed by atoms with E-state index in [0.717, 1.165) is 44.9 Å². The molecule has 4 aliphatic rings. The van der Waals surface area contributed by atoms with Gasteiger partial charge in [-0.05, 0) is 103 Å². The summed E-state index contributed by atoms with van der Waals surface area (Å²) in [7, 11) is -2.47. The zero-order valence-electron chi connectivity index (χ0n) is 30.0. The first-order valence-corrected chi connectivity index (χ1v) is 20.0. The molecule has 2 aromatic carbocycles. The first-order valence-electron chi connectivity index (χ1n) is 18.4. The molecule has 2 saturated heterocycles. The van der Waals surface area contributed by atoms with Gasteiger partial charge >= 0.3 is 6.09 Å². The number of sulfone groups is 1. The average Bonchev–Trinajstić information content (AvgIpc) is 3.40. The molecule has 0 radical (unpaired) electrons. The fourth-order valence-corrected chi connectivity index (χ4v) is 12.5. The maximum atomic E-state index is 15.6. The fraction of sp³-hybridized carbons (Fsp3) is 0.650. The van der Waals surface area contributed by atoms with Gasteiger partial charge in [0.05, 0.1) is 22.2 Å². The van der Waals surface area contributed by atoms with Crippen LogP contribution in [0.4, 0.5) is 4.79 Å². The van der Waals surface area contributed by atoms with E-state index in [4.69, 9.17) is 14.2 Å². The molecular weight excluding hydrogens is 639 g/mol. The van der Waals surface area contributed by atoms with E-state index < -0.39 is 45.0 Å². The zero-order chi connectivity index (χ0) is 35.1. The van der Waals surface area contributed by atoms with Crippen molar-refractivity contribution >= 4 is 21.7 Å². The van der Waals surface area contributed by atoms with Crippen LogP contribution in [0.5, 0.6) is 0 Å². The highest BCUT2D eigenvalue weighted by Gasteiger charge is 2.62. The molecule has 2 aliphatic carbocycles. The van der Waals surface area contributed by atoms with E-state index >= 15 is 13.2 Å². The summed E-state index contributed by atoms with van der Waals surface area (Å²) in [4.78, 5) is 31.4. The van der Waals surface area contributed by atoms with Gasteiger partial charge < -0.3 is 19.1 Å². The van der Waals surface area contributed by atoms with E-state index in [2.05, 4.69) is 0 Å². The van der Waals surface area contributed by atoms with Gasteiger partial charge in [0.2, 0.25) is 0 Å². The van der Waals surface area contributed by atoms with Crippen molar-refractivity contribution in [2.24, 2.45) is 35.5 Å². The first-order chi connectivity index (χ1) is 23.3. The predicted octanol–water partition coefficient (Wildman–Crippen LogP) is 7.96. The van der Waals surface area contributed by atoms with Crippen molar-refractivity contribution in [3.63, 3.8) is 0 Å². The van der Waals surface area contributed by atoms with Crippen LogP contribution in [0.25, 0.3) is 0 Å². The summed E-state index contributed by atoms with van der Waals surface area (Å²) >= 11 is 0. The van der Waals surface area contributed by atoms with Crippen LogP contribution >= 0.6 is 0 Å². The molecule has 4 fully saturated rings. The lowest BCUT2D eigenvalue weighted by molar-refractivity contribution is -0.132. The number of piperidine rings is 1. The summed E-state index contributed by atoms with van der Waals surface area (Å²) in [6.45, 7) is 9.54. The minimum absolute atomic E-state index is 0.0116. The van der Waals surface area contributed by atoms with Crippen LogP contribution in [-0.2, 0) is 24.0 Å². The Balaban J connectivity index is 1.61. The van der Waals surface area contributed by atoms with Crippen LogP contribution in [-0.4, -0.2) is 67.6 Å². The van der Waals surface area contributed by atoms with Crippen LogP contribution in [0.15, 0.2) is 65.6 Å². The van der Waals surface area contributed by atoms with E-state index in [9.17, 15) is 4.79 Å². The number of carbonyl (C=O) groups excluding carboxylic acids is 2. The summed E-state index contributed by atoms with van der Waals surface area (Å²) in [5, 5.41) is -1.09. The number of Topliss-reactive ketones (excluding diaryl/α,β-unsaturated/α-hetero) is 1. The Bertz CT molecular complexity index is 1560. The summed E-state index contributed by atoms with van der Waals surface area (Å²) < 4.78 is 49.6. The normalized spacial score (nSPS) is 33.2. The number of carbonyl (C=O) groups is 2. The third-order valence-electron chi connectivity index (χ3n) is 11.9. The molecule has 0 bridgehead atoms. The molecule has 2 aromatic rings. The number of ketones is 1. The summed E-state index contributed by atoms with van der Waals surface area (Å²) in [6, 6.07) is 16.8. The third kappa shape index (κ3) is 7.09. The summed E-state index contributed by atoms with van der Waals surface area (Å²) in [6.07, 6.45) is 5.84. The third-order valence-corrected chi connectivity index (χ3v) is 14.2. The first kappa shape index (κ1) is 36.1. The number of methoxy groups -OCH3 is 1. The van der Waals surface area contributed by atoms with E-state index in [-0.39, 0.29) is 46.5 Å². The second-order valence-corrected chi connectivity index (χ2v) is 18.1. The number of benzene rings is 2.